The van der Waals surface area contributed by atoms with Gasteiger partial charge in [-0.15, -0.1) is 0 Å². The maximum Gasteiger partial charge on any atom is 0.389 e. The number of hydrogen-bond acceptors (Lipinski definition) is 3. The molecule has 0 aliphatic heterocycles. The lowest BCUT2D eigenvalue weighted by atomic mass is 10.0. The summed E-state index contributed by atoms with van der Waals surface area (Å²) in [4.78, 5) is 0. The Bertz CT molecular complexity index is 369. The van der Waals surface area contributed by atoms with E-state index in [-0.39, 0.29) is 12.5 Å². The van der Waals surface area contributed by atoms with E-state index in [0.29, 0.717) is 12.2 Å². The molecule has 1 aromatic rings. The Balaban J connectivity index is 2.59. The highest BCUT2D eigenvalue weighted by atomic mass is 19.4. The van der Waals surface area contributed by atoms with Crippen molar-refractivity contribution in [3.63, 3.8) is 0 Å². The first-order valence-electron chi connectivity index (χ1n) is 5.63. The third-order valence-corrected chi connectivity index (χ3v) is 2.65. The summed E-state index contributed by atoms with van der Waals surface area (Å²) < 4.78 is 41.2. The lowest BCUT2D eigenvalue weighted by molar-refractivity contribution is -0.135. The third-order valence-electron chi connectivity index (χ3n) is 2.65. The number of methoxy groups -OCH3 is 1. The van der Waals surface area contributed by atoms with Crippen LogP contribution in [0.2, 0.25) is 0 Å². The second-order valence-electron chi connectivity index (χ2n) is 4.00. The van der Waals surface area contributed by atoms with Crippen LogP contribution in [0.5, 0.6) is 5.75 Å². The van der Waals surface area contributed by atoms with Gasteiger partial charge in [-0.2, -0.15) is 13.2 Å². The summed E-state index contributed by atoms with van der Waals surface area (Å²) in [6.45, 7) is 0. The Hall–Kier alpha value is -1.27. The number of alkyl halides is 3. The van der Waals surface area contributed by atoms with Crippen LogP contribution in [0.1, 0.15) is 30.9 Å². The number of halogens is 3. The molecule has 0 saturated carbocycles. The van der Waals surface area contributed by atoms with Gasteiger partial charge in [-0.05, 0) is 30.5 Å². The zero-order valence-electron chi connectivity index (χ0n) is 10.1. The minimum atomic E-state index is -4.12. The van der Waals surface area contributed by atoms with Gasteiger partial charge in [-0.1, -0.05) is 12.1 Å². The molecule has 102 valence electrons. The maximum atomic E-state index is 12.1. The Labute approximate surface area is 104 Å². The van der Waals surface area contributed by atoms with Gasteiger partial charge < -0.3 is 4.74 Å². The second-order valence-corrected chi connectivity index (χ2v) is 4.00. The molecule has 1 atom stereocenters. The molecule has 1 aromatic carbocycles. The normalized spacial score (nSPS) is 13.4. The Morgan fingerprint density at radius 2 is 2.11 bits per heavy atom. The highest BCUT2D eigenvalue weighted by Gasteiger charge is 2.26. The molecule has 0 radical (unpaired) electrons. The predicted molar refractivity (Wildman–Crippen MR) is 63.0 cm³/mol. The number of benzene rings is 1. The maximum absolute atomic E-state index is 12.1. The van der Waals surface area contributed by atoms with E-state index in [1.165, 1.54) is 7.11 Å². The summed E-state index contributed by atoms with van der Waals surface area (Å²) in [6.07, 6.45) is -4.55. The van der Waals surface area contributed by atoms with Gasteiger partial charge in [0.05, 0.1) is 7.11 Å². The number of nitrogens with two attached hydrogens (primary N) is 1. The highest BCUT2D eigenvalue weighted by Crippen LogP contribution is 2.27. The van der Waals surface area contributed by atoms with E-state index in [9.17, 15) is 13.2 Å². The van der Waals surface area contributed by atoms with Crippen LogP contribution in [0.3, 0.4) is 0 Å². The molecule has 3 nitrogen and oxygen atoms in total. The molecule has 0 fully saturated rings. The van der Waals surface area contributed by atoms with Crippen molar-refractivity contribution in [2.24, 2.45) is 5.84 Å². The molecule has 3 N–H and O–H groups in total. The number of ether oxygens (including phenoxy) is 1. The summed E-state index contributed by atoms with van der Waals surface area (Å²) in [5, 5.41) is 0. The van der Waals surface area contributed by atoms with Crippen LogP contribution in [0.15, 0.2) is 24.3 Å². The van der Waals surface area contributed by atoms with Crippen molar-refractivity contribution in [3.05, 3.63) is 29.8 Å². The number of hydrogen-bond donors (Lipinski definition) is 2. The monoisotopic (exact) mass is 262 g/mol. The van der Waals surface area contributed by atoms with Crippen LogP contribution in [-0.2, 0) is 0 Å². The van der Waals surface area contributed by atoms with Crippen LogP contribution < -0.4 is 16.0 Å². The van der Waals surface area contributed by atoms with Crippen molar-refractivity contribution in [1.82, 2.24) is 5.43 Å². The van der Waals surface area contributed by atoms with Gasteiger partial charge in [0.15, 0.2) is 0 Å². The predicted octanol–water partition coefficient (Wildman–Crippen LogP) is 2.93. The molecule has 0 aliphatic carbocycles. The van der Waals surface area contributed by atoms with E-state index in [1.54, 1.807) is 24.3 Å². The van der Waals surface area contributed by atoms with E-state index in [0.717, 1.165) is 5.56 Å². The van der Waals surface area contributed by atoms with Crippen molar-refractivity contribution >= 4 is 0 Å². The van der Waals surface area contributed by atoms with E-state index in [4.69, 9.17) is 10.6 Å². The molecule has 0 heterocycles. The fourth-order valence-corrected chi connectivity index (χ4v) is 1.71. The molecule has 0 spiro atoms. The highest BCUT2D eigenvalue weighted by molar-refractivity contribution is 5.30. The lowest BCUT2D eigenvalue weighted by Gasteiger charge is -2.17. The quantitative estimate of drug-likeness (QED) is 0.612. The van der Waals surface area contributed by atoms with Gasteiger partial charge in [0.25, 0.3) is 0 Å². The van der Waals surface area contributed by atoms with Gasteiger partial charge in [0.2, 0.25) is 0 Å². The van der Waals surface area contributed by atoms with Crippen molar-refractivity contribution < 1.29 is 17.9 Å². The first-order valence-corrected chi connectivity index (χ1v) is 5.63. The van der Waals surface area contributed by atoms with Crippen LogP contribution in [0.25, 0.3) is 0 Å². The fraction of sp³-hybridized carbons (Fsp3) is 0.500. The molecule has 0 saturated heterocycles. The van der Waals surface area contributed by atoms with Crippen molar-refractivity contribution in [3.8, 4) is 5.75 Å². The molecule has 0 bridgehead atoms. The summed E-state index contributed by atoms with van der Waals surface area (Å²) >= 11 is 0. The van der Waals surface area contributed by atoms with E-state index >= 15 is 0 Å². The van der Waals surface area contributed by atoms with Gasteiger partial charge in [-0.25, -0.2) is 0 Å². The number of nitrogens with one attached hydrogen (secondary N) is 1. The molecule has 1 unspecified atom stereocenters. The molecule has 0 aromatic heterocycles. The number of rotatable bonds is 6. The standard InChI is InChI=1S/C12H17F3N2O/c1-18-10-5-2-4-9(8-10)11(17-16)6-3-7-12(13,14)15/h2,4-5,8,11,17H,3,6-7,16H2,1H3. The van der Waals surface area contributed by atoms with Crippen LogP contribution >= 0.6 is 0 Å². The third kappa shape index (κ3) is 4.93. The summed E-state index contributed by atoms with van der Waals surface area (Å²) in [5.74, 6) is 6.03. The topological polar surface area (TPSA) is 47.3 Å². The van der Waals surface area contributed by atoms with E-state index < -0.39 is 12.6 Å². The Morgan fingerprint density at radius 1 is 1.39 bits per heavy atom. The molecular weight excluding hydrogens is 245 g/mol. The molecule has 1 rings (SSSR count). The van der Waals surface area contributed by atoms with Gasteiger partial charge in [-0.3, -0.25) is 11.3 Å². The van der Waals surface area contributed by atoms with Crippen LogP contribution in [-0.4, -0.2) is 13.3 Å². The molecule has 18 heavy (non-hydrogen) atoms. The smallest absolute Gasteiger partial charge is 0.389 e. The second kappa shape index (κ2) is 6.61. The summed E-state index contributed by atoms with van der Waals surface area (Å²) in [7, 11) is 1.54. The minimum absolute atomic E-state index is 0.0373. The fourth-order valence-electron chi connectivity index (χ4n) is 1.71. The van der Waals surface area contributed by atoms with Gasteiger partial charge >= 0.3 is 6.18 Å². The van der Waals surface area contributed by atoms with E-state index in [1.807, 2.05) is 0 Å². The lowest BCUT2D eigenvalue weighted by Crippen LogP contribution is -2.28. The first-order chi connectivity index (χ1) is 8.46. The van der Waals surface area contributed by atoms with Crippen molar-refractivity contribution in [2.45, 2.75) is 31.5 Å². The Kier molecular flexibility index (Phi) is 5.43. The van der Waals surface area contributed by atoms with Crippen LogP contribution in [0, 0.1) is 0 Å². The molecule has 0 amide bonds. The van der Waals surface area contributed by atoms with Crippen molar-refractivity contribution in [2.75, 3.05) is 7.11 Å². The molecular formula is C12H17F3N2O. The van der Waals surface area contributed by atoms with E-state index in [2.05, 4.69) is 5.43 Å². The minimum Gasteiger partial charge on any atom is -0.497 e. The first kappa shape index (κ1) is 14.8. The molecule has 0 aliphatic rings. The Morgan fingerprint density at radius 3 is 2.67 bits per heavy atom. The van der Waals surface area contributed by atoms with Crippen molar-refractivity contribution in [1.29, 1.82) is 0 Å². The number of hydrazine groups is 1. The zero-order chi connectivity index (χ0) is 13.6. The summed E-state index contributed by atoms with van der Waals surface area (Å²) in [5.41, 5.74) is 3.35. The summed E-state index contributed by atoms with van der Waals surface area (Å²) in [6, 6.07) is 6.82. The van der Waals surface area contributed by atoms with Gasteiger partial charge in [0.1, 0.15) is 5.75 Å². The zero-order valence-corrected chi connectivity index (χ0v) is 10.1. The average Bonchev–Trinajstić information content (AvgIpc) is 2.33. The van der Waals surface area contributed by atoms with Gasteiger partial charge in [0, 0.05) is 12.5 Å². The largest absolute Gasteiger partial charge is 0.497 e. The molecule has 6 heteroatoms. The SMILES string of the molecule is COc1cccc(C(CCCC(F)(F)F)NN)c1. The average molecular weight is 262 g/mol. The van der Waals surface area contributed by atoms with Crippen LogP contribution in [0.4, 0.5) is 13.2 Å².